The highest BCUT2D eigenvalue weighted by Gasteiger charge is 2.53. The maximum Gasteiger partial charge on any atom is 0.328 e. The zero-order valence-electron chi connectivity index (χ0n) is 20.1. The van der Waals surface area contributed by atoms with E-state index in [-0.39, 0.29) is 11.1 Å². The number of carbonyl (C=O) groups is 4. The molecule has 1 heterocycles. The molecule has 0 bridgehead atoms. The van der Waals surface area contributed by atoms with Gasteiger partial charge in [-0.05, 0) is 46.5 Å². The van der Waals surface area contributed by atoms with Crippen LogP contribution in [0.25, 0.3) is 11.1 Å². The molecule has 0 aromatic heterocycles. The van der Waals surface area contributed by atoms with Gasteiger partial charge in [0.05, 0.1) is 0 Å². The highest BCUT2D eigenvalue weighted by Crippen LogP contribution is 2.27. The number of ether oxygens (including phenoxy) is 1. The Morgan fingerprint density at radius 2 is 1.34 bits per heavy atom. The number of hydrogen-bond donors (Lipinski definition) is 3. The lowest BCUT2D eigenvalue weighted by molar-refractivity contribution is -0.139. The van der Waals surface area contributed by atoms with Crippen LogP contribution in [0.15, 0.2) is 109 Å². The maximum absolute atomic E-state index is 13.3. The van der Waals surface area contributed by atoms with Gasteiger partial charge in [0.2, 0.25) is 5.54 Å². The van der Waals surface area contributed by atoms with Gasteiger partial charge in [-0.3, -0.25) is 25.0 Å². The Morgan fingerprint density at radius 3 is 2.00 bits per heavy atom. The van der Waals surface area contributed by atoms with E-state index >= 15 is 0 Å². The molecule has 0 unspecified atom stereocenters. The van der Waals surface area contributed by atoms with E-state index in [1.165, 1.54) is 12.1 Å². The van der Waals surface area contributed by atoms with Crippen LogP contribution in [0.5, 0.6) is 5.75 Å². The number of benzene rings is 4. The molecule has 1 aliphatic heterocycles. The fourth-order valence-electron chi connectivity index (χ4n) is 4.23. The minimum absolute atomic E-state index is 0.220. The van der Waals surface area contributed by atoms with Gasteiger partial charge in [-0.25, -0.2) is 4.79 Å². The van der Waals surface area contributed by atoms with Crippen molar-refractivity contribution >= 4 is 23.8 Å². The van der Waals surface area contributed by atoms with E-state index in [2.05, 4.69) is 16.0 Å². The quantitative estimate of drug-likeness (QED) is 0.330. The van der Waals surface area contributed by atoms with Gasteiger partial charge in [0, 0.05) is 5.56 Å². The highest BCUT2D eigenvalue weighted by atomic mass is 16.5. The zero-order valence-corrected chi connectivity index (χ0v) is 20.1. The summed E-state index contributed by atoms with van der Waals surface area (Å²) in [6.45, 7) is 0.450. The largest absolute Gasteiger partial charge is 0.489 e. The van der Waals surface area contributed by atoms with Crippen molar-refractivity contribution in [3.05, 3.63) is 126 Å². The molecule has 1 aliphatic rings. The molecule has 0 aliphatic carbocycles. The van der Waals surface area contributed by atoms with Gasteiger partial charge in [0.25, 0.3) is 17.7 Å². The average Bonchev–Trinajstić information content (AvgIpc) is 2.95. The summed E-state index contributed by atoms with van der Waals surface area (Å²) in [7, 11) is 0. The summed E-state index contributed by atoms with van der Waals surface area (Å²) in [5.74, 6) is -1.82. The van der Waals surface area contributed by atoms with Gasteiger partial charge < -0.3 is 10.1 Å². The van der Waals surface area contributed by atoms with Crippen LogP contribution < -0.4 is 20.7 Å². The highest BCUT2D eigenvalue weighted by molar-refractivity contribution is 6.24. The summed E-state index contributed by atoms with van der Waals surface area (Å²) in [5.41, 5.74) is 1.02. The Labute approximate surface area is 218 Å². The summed E-state index contributed by atoms with van der Waals surface area (Å²) in [6, 6.07) is 31.2. The molecule has 4 aromatic carbocycles. The summed E-state index contributed by atoms with van der Waals surface area (Å²) in [5, 5.41) is 6.74. The Kier molecular flexibility index (Phi) is 6.69. The first-order valence-electron chi connectivity index (χ1n) is 11.9. The Balaban J connectivity index is 1.37. The third-order valence-electron chi connectivity index (χ3n) is 6.20. The third-order valence-corrected chi connectivity index (χ3v) is 6.20. The minimum atomic E-state index is -2.11. The molecule has 5 rings (SSSR count). The van der Waals surface area contributed by atoms with Crippen molar-refractivity contribution in [2.45, 2.75) is 12.1 Å². The second kappa shape index (κ2) is 10.4. The molecule has 1 saturated heterocycles. The summed E-state index contributed by atoms with van der Waals surface area (Å²) < 4.78 is 5.85. The van der Waals surface area contributed by atoms with Crippen molar-refractivity contribution in [3.63, 3.8) is 0 Å². The number of hydrogen-bond acceptors (Lipinski definition) is 5. The van der Waals surface area contributed by atoms with Crippen LogP contribution in [-0.2, 0) is 21.7 Å². The topological polar surface area (TPSA) is 114 Å². The molecular formula is C30H23N3O5. The molecule has 5 amide bonds. The molecule has 1 fully saturated rings. The molecule has 0 atom stereocenters. The van der Waals surface area contributed by atoms with Gasteiger partial charge >= 0.3 is 6.03 Å². The second-order valence-corrected chi connectivity index (χ2v) is 8.69. The maximum atomic E-state index is 13.3. The molecule has 8 nitrogen and oxygen atoms in total. The first kappa shape index (κ1) is 24.5. The minimum Gasteiger partial charge on any atom is -0.489 e. The lowest BCUT2D eigenvalue weighted by Crippen LogP contribution is -2.71. The van der Waals surface area contributed by atoms with Crippen molar-refractivity contribution in [2.75, 3.05) is 0 Å². The molecule has 0 spiro atoms. The Hall–Kier alpha value is -5.24. The van der Waals surface area contributed by atoms with Crippen LogP contribution >= 0.6 is 0 Å². The molecule has 0 saturated carbocycles. The monoisotopic (exact) mass is 505 g/mol. The summed E-state index contributed by atoms with van der Waals surface area (Å²) in [6.07, 6.45) is 0. The number of carbonyl (C=O) groups excluding carboxylic acids is 4. The SMILES string of the molecule is O=C1NC(=O)C(NC(=O)c2cccc(-c3ccc(OCc4ccccc4)cc3)c2)(c2ccccc2)C(=O)N1. The van der Waals surface area contributed by atoms with Crippen molar-refractivity contribution in [2.24, 2.45) is 0 Å². The molecule has 0 radical (unpaired) electrons. The molecule has 188 valence electrons. The predicted octanol–water partition coefficient (Wildman–Crippen LogP) is 3.92. The standard InChI is InChI=1S/C30H23N3O5/c34-26(33-30(24-12-5-2-6-13-24)27(35)31-29(37)32-28(30)36)23-11-7-10-22(18-23)21-14-16-25(17-15-21)38-19-20-8-3-1-4-9-20/h1-18H,19H2,(H,33,34)(H2,31,32,35,36,37). The molecule has 8 heteroatoms. The van der Waals surface area contributed by atoms with Gasteiger partial charge in [-0.15, -0.1) is 0 Å². The summed E-state index contributed by atoms with van der Waals surface area (Å²) in [4.78, 5) is 51.0. The second-order valence-electron chi connectivity index (χ2n) is 8.69. The Bertz CT molecular complexity index is 1480. The van der Waals surface area contributed by atoms with Crippen molar-refractivity contribution in [1.29, 1.82) is 0 Å². The van der Waals surface area contributed by atoms with E-state index in [4.69, 9.17) is 4.74 Å². The van der Waals surface area contributed by atoms with Gasteiger partial charge in [-0.2, -0.15) is 0 Å². The smallest absolute Gasteiger partial charge is 0.328 e. The molecule has 3 N–H and O–H groups in total. The van der Waals surface area contributed by atoms with Gasteiger partial charge in [0.1, 0.15) is 12.4 Å². The number of imide groups is 2. The number of rotatable bonds is 7. The van der Waals surface area contributed by atoms with E-state index < -0.39 is 29.3 Å². The van der Waals surface area contributed by atoms with E-state index in [0.29, 0.717) is 12.4 Å². The average molecular weight is 506 g/mol. The fourth-order valence-corrected chi connectivity index (χ4v) is 4.23. The first-order valence-corrected chi connectivity index (χ1v) is 11.9. The molecule has 4 aromatic rings. The summed E-state index contributed by atoms with van der Waals surface area (Å²) >= 11 is 0. The molecule has 38 heavy (non-hydrogen) atoms. The van der Waals surface area contributed by atoms with Crippen LogP contribution in [0.3, 0.4) is 0 Å². The zero-order chi connectivity index (χ0) is 26.5. The van der Waals surface area contributed by atoms with E-state index in [1.807, 2.05) is 60.7 Å². The van der Waals surface area contributed by atoms with Crippen LogP contribution in [0, 0.1) is 0 Å². The lowest BCUT2D eigenvalue weighted by Gasteiger charge is -2.34. The van der Waals surface area contributed by atoms with Crippen molar-refractivity contribution < 1.29 is 23.9 Å². The van der Waals surface area contributed by atoms with Gasteiger partial charge in [0.15, 0.2) is 0 Å². The number of amides is 5. The fraction of sp³-hybridized carbons (Fsp3) is 0.0667. The first-order chi connectivity index (χ1) is 18.5. The number of barbiturate groups is 1. The van der Waals surface area contributed by atoms with Crippen LogP contribution in [0.1, 0.15) is 21.5 Å². The predicted molar refractivity (Wildman–Crippen MR) is 140 cm³/mol. The van der Waals surface area contributed by atoms with Crippen LogP contribution in [0.4, 0.5) is 4.79 Å². The lowest BCUT2D eigenvalue weighted by atomic mass is 9.86. The van der Waals surface area contributed by atoms with Crippen LogP contribution in [0.2, 0.25) is 0 Å². The van der Waals surface area contributed by atoms with Gasteiger partial charge in [-0.1, -0.05) is 84.9 Å². The molecular weight excluding hydrogens is 482 g/mol. The Morgan fingerprint density at radius 1 is 0.711 bits per heavy atom. The van der Waals surface area contributed by atoms with Crippen molar-refractivity contribution in [1.82, 2.24) is 16.0 Å². The van der Waals surface area contributed by atoms with Crippen LogP contribution in [-0.4, -0.2) is 23.8 Å². The van der Waals surface area contributed by atoms with E-state index in [0.717, 1.165) is 16.7 Å². The van der Waals surface area contributed by atoms with Crippen molar-refractivity contribution in [3.8, 4) is 16.9 Å². The number of urea groups is 1. The normalized spacial score (nSPS) is 14.3. The third kappa shape index (κ3) is 4.87. The van der Waals surface area contributed by atoms with E-state index in [1.54, 1.807) is 36.4 Å². The number of nitrogens with one attached hydrogen (secondary N) is 3. The van der Waals surface area contributed by atoms with E-state index in [9.17, 15) is 19.2 Å².